The van der Waals surface area contributed by atoms with Crippen molar-refractivity contribution >= 4 is 0 Å². The molecule has 2 N–H and O–H groups in total. The minimum atomic E-state index is -3.86. The molecule has 12 heavy (non-hydrogen) atoms. The number of nitrogens with two attached hydrogens (primary N) is 1. The molecule has 1 rings (SSSR count). The summed E-state index contributed by atoms with van der Waals surface area (Å²) in [6, 6.07) is 0. The maximum absolute atomic E-state index is 12.6. The van der Waals surface area contributed by atoms with Crippen LogP contribution in [0, 0.1) is 11.8 Å². The summed E-state index contributed by atoms with van der Waals surface area (Å²) in [6.07, 6.45) is -0.738. The summed E-state index contributed by atoms with van der Waals surface area (Å²) in [5.74, 6) is -9.47. The molecule has 0 aromatic rings. The zero-order valence-electron chi connectivity index (χ0n) is 6.66. The molecule has 0 bridgehead atoms. The first kappa shape index (κ1) is 9.77. The van der Waals surface area contributed by atoms with Crippen LogP contribution in [0.5, 0.6) is 0 Å². The van der Waals surface area contributed by atoms with Crippen LogP contribution in [0.1, 0.15) is 13.3 Å². The van der Waals surface area contributed by atoms with E-state index in [0.29, 0.717) is 0 Å². The van der Waals surface area contributed by atoms with Gasteiger partial charge in [-0.2, -0.15) is 17.6 Å². The van der Waals surface area contributed by atoms with Crippen LogP contribution in [0.15, 0.2) is 0 Å². The van der Waals surface area contributed by atoms with Gasteiger partial charge >= 0.3 is 11.8 Å². The SMILES string of the molecule is CC(CN)C1CC(F)(F)C1(F)F. The Morgan fingerprint density at radius 1 is 1.42 bits per heavy atom. The highest BCUT2D eigenvalue weighted by molar-refractivity contribution is 5.04. The van der Waals surface area contributed by atoms with Crippen molar-refractivity contribution in [3.8, 4) is 0 Å². The fraction of sp³-hybridized carbons (Fsp3) is 1.00. The molecule has 0 heterocycles. The third kappa shape index (κ3) is 1.11. The average molecular weight is 185 g/mol. The molecule has 1 aliphatic carbocycles. The summed E-state index contributed by atoms with van der Waals surface area (Å²) in [4.78, 5) is 0. The molecule has 0 spiro atoms. The van der Waals surface area contributed by atoms with Gasteiger partial charge in [-0.3, -0.25) is 0 Å². The Morgan fingerprint density at radius 3 is 2.17 bits per heavy atom. The van der Waals surface area contributed by atoms with Crippen molar-refractivity contribution in [1.29, 1.82) is 0 Å². The molecule has 1 aliphatic rings. The third-order valence-corrected chi connectivity index (χ3v) is 2.49. The minimum absolute atomic E-state index is 0.0241. The largest absolute Gasteiger partial charge is 0.330 e. The Balaban J connectivity index is 2.65. The van der Waals surface area contributed by atoms with Gasteiger partial charge in [0.05, 0.1) is 0 Å². The van der Waals surface area contributed by atoms with Gasteiger partial charge in [-0.1, -0.05) is 6.92 Å². The fourth-order valence-electron chi connectivity index (χ4n) is 1.40. The van der Waals surface area contributed by atoms with Crippen molar-refractivity contribution in [2.24, 2.45) is 17.6 Å². The Morgan fingerprint density at radius 2 is 1.92 bits per heavy atom. The van der Waals surface area contributed by atoms with Crippen molar-refractivity contribution in [2.75, 3.05) is 6.54 Å². The van der Waals surface area contributed by atoms with E-state index in [1.807, 2.05) is 0 Å². The molecular weight excluding hydrogens is 174 g/mol. The van der Waals surface area contributed by atoms with Crippen LogP contribution in [0.25, 0.3) is 0 Å². The third-order valence-electron chi connectivity index (χ3n) is 2.49. The second-order valence-corrected chi connectivity index (χ2v) is 3.35. The van der Waals surface area contributed by atoms with Crippen LogP contribution in [0.2, 0.25) is 0 Å². The molecule has 0 aromatic heterocycles. The van der Waals surface area contributed by atoms with Crippen molar-refractivity contribution in [2.45, 2.75) is 25.2 Å². The second-order valence-electron chi connectivity index (χ2n) is 3.35. The maximum Gasteiger partial charge on any atom is 0.313 e. The van der Waals surface area contributed by atoms with Crippen LogP contribution in [0.3, 0.4) is 0 Å². The fourth-order valence-corrected chi connectivity index (χ4v) is 1.40. The monoisotopic (exact) mass is 185 g/mol. The number of rotatable bonds is 2. The number of halogens is 4. The Hall–Kier alpha value is -0.320. The van der Waals surface area contributed by atoms with Crippen molar-refractivity contribution in [3.05, 3.63) is 0 Å². The van der Waals surface area contributed by atoms with E-state index in [9.17, 15) is 17.6 Å². The second kappa shape index (κ2) is 2.58. The lowest BCUT2D eigenvalue weighted by Crippen LogP contribution is -2.61. The standard InChI is InChI=1S/C7H11F4N/c1-4(3-12)5-2-6(8,9)7(5,10)11/h4-5H,2-3,12H2,1H3. The van der Waals surface area contributed by atoms with Gasteiger partial charge in [-0.15, -0.1) is 0 Å². The molecule has 0 aromatic carbocycles. The molecule has 1 saturated carbocycles. The van der Waals surface area contributed by atoms with Gasteiger partial charge in [0, 0.05) is 12.3 Å². The molecule has 1 fully saturated rings. The van der Waals surface area contributed by atoms with Gasteiger partial charge in [0.1, 0.15) is 0 Å². The van der Waals surface area contributed by atoms with Crippen LogP contribution >= 0.6 is 0 Å². The van der Waals surface area contributed by atoms with E-state index in [4.69, 9.17) is 5.73 Å². The molecule has 5 heteroatoms. The summed E-state index contributed by atoms with van der Waals surface area (Å²) in [5, 5.41) is 0. The van der Waals surface area contributed by atoms with Crippen molar-refractivity contribution in [3.63, 3.8) is 0 Å². The van der Waals surface area contributed by atoms with Gasteiger partial charge in [0.25, 0.3) is 0 Å². The minimum Gasteiger partial charge on any atom is -0.330 e. The highest BCUT2D eigenvalue weighted by atomic mass is 19.3. The van der Waals surface area contributed by atoms with E-state index in [1.165, 1.54) is 6.92 Å². The molecular formula is C7H11F4N. The normalized spacial score (nSPS) is 34.0. The van der Waals surface area contributed by atoms with Crippen molar-refractivity contribution in [1.82, 2.24) is 0 Å². The first-order valence-corrected chi connectivity index (χ1v) is 3.78. The smallest absolute Gasteiger partial charge is 0.313 e. The van der Waals surface area contributed by atoms with E-state index in [-0.39, 0.29) is 6.54 Å². The van der Waals surface area contributed by atoms with Crippen LogP contribution in [0.4, 0.5) is 17.6 Å². The zero-order chi connectivity index (χ0) is 9.57. The summed E-state index contributed by atoms with van der Waals surface area (Å²) in [7, 11) is 0. The van der Waals surface area contributed by atoms with E-state index in [1.54, 1.807) is 0 Å². The lowest BCUT2D eigenvalue weighted by atomic mass is 9.70. The number of alkyl halides is 4. The van der Waals surface area contributed by atoms with Crippen LogP contribution in [-0.2, 0) is 0 Å². The summed E-state index contributed by atoms with van der Waals surface area (Å²) < 4.78 is 49.8. The Labute approximate surface area is 67.9 Å². The van der Waals surface area contributed by atoms with E-state index in [2.05, 4.69) is 0 Å². The lowest BCUT2D eigenvalue weighted by Gasteiger charge is -2.46. The summed E-state index contributed by atoms with van der Waals surface area (Å²) >= 11 is 0. The van der Waals surface area contributed by atoms with E-state index >= 15 is 0 Å². The Bertz CT molecular complexity index is 180. The summed E-state index contributed by atoms with van der Waals surface area (Å²) in [6.45, 7) is 1.49. The topological polar surface area (TPSA) is 26.0 Å². The van der Waals surface area contributed by atoms with Crippen LogP contribution < -0.4 is 5.73 Å². The van der Waals surface area contributed by atoms with Gasteiger partial charge in [0.2, 0.25) is 0 Å². The lowest BCUT2D eigenvalue weighted by molar-refractivity contribution is -0.322. The van der Waals surface area contributed by atoms with Crippen molar-refractivity contribution < 1.29 is 17.6 Å². The van der Waals surface area contributed by atoms with Gasteiger partial charge < -0.3 is 5.73 Å². The summed E-state index contributed by atoms with van der Waals surface area (Å²) in [5.41, 5.74) is 5.11. The van der Waals surface area contributed by atoms with Gasteiger partial charge in [-0.05, 0) is 12.5 Å². The van der Waals surface area contributed by atoms with Gasteiger partial charge in [-0.25, -0.2) is 0 Å². The highest BCUT2D eigenvalue weighted by Gasteiger charge is 2.72. The van der Waals surface area contributed by atoms with E-state index in [0.717, 1.165) is 0 Å². The number of hydrogen-bond acceptors (Lipinski definition) is 1. The number of hydrogen-bond donors (Lipinski definition) is 1. The highest BCUT2D eigenvalue weighted by Crippen LogP contribution is 2.57. The molecule has 0 amide bonds. The molecule has 2 unspecified atom stereocenters. The molecule has 0 aliphatic heterocycles. The molecule has 72 valence electrons. The molecule has 0 radical (unpaired) electrons. The van der Waals surface area contributed by atoms with E-state index < -0.39 is 30.1 Å². The zero-order valence-corrected chi connectivity index (χ0v) is 6.66. The maximum atomic E-state index is 12.6. The van der Waals surface area contributed by atoms with Gasteiger partial charge in [0.15, 0.2) is 0 Å². The molecule has 0 saturated heterocycles. The first-order valence-electron chi connectivity index (χ1n) is 3.78. The van der Waals surface area contributed by atoms with Crippen LogP contribution in [-0.4, -0.2) is 18.4 Å². The predicted octanol–water partition coefficient (Wildman–Crippen LogP) is 1.87. The average Bonchev–Trinajstić information content (AvgIpc) is 1.99. The predicted molar refractivity (Wildman–Crippen MR) is 36.2 cm³/mol. The first-order chi connectivity index (χ1) is 5.33. The molecule has 2 atom stereocenters. The Kier molecular flexibility index (Phi) is 2.10. The molecule has 1 nitrogen and oxygen atoms in total. The quantitative estimate of drug-likeness (QED) is 0.653.